The van der Waals surface area contributed by atoms with E-state index >= 15 is 0 Å². The van der Waals surface area contributed by atoms with Crippen LogP contribution in [0.3, 0.4) is 0 Å². The van der Waals surface area contributed by atoms with Crippen LogP contribution < -0.4 is 10.9 Å². The summed E-state index contributed by atoms with van der Waals surface area (Å²) in [6, 6.07) is 3.56. The summed E-state index contributed by atoms with van der Waals surface area (Å²) in [5.41, 5.74) is 2.69. The van der Waals surface area contributed by atoms with Crippen LogP contribution in [0.1, 0.15) is 40.4 Å². The third-order valence-corrected chi connectivity index (χ3v) is 4.88. The third kappa shape index (κ3) is 2.65. The molecule has 0 bridgehead atoms. The van der Waals surface area contributed by atoms with E-state index < -0.39 is 17.3 Å². The molecule has 1 amide bonds. The molecular formula is C18H18FN7O2. The van der Waals surface area contributed by atoms with Crippen LogP contribution in [0.25, 0.3) is 16.6 Å². The molecule has 0 saturated carbocycles. The van der Waals surface area contributed by atoms with Crippen LogP contribution in [-0.2, 0) is 7.05 Å². The molecule has 10 heteroatoms. The fourth-order valence-corrected chi connectivity index (χ4v) is 3.54. The van der Waals surface area contributed by atoms with Gasteiger partial charge in [0.2, 0.25) is 0 Å². The first kappa shape index (κ1) is 17.8. The van der Waals surface area contributed by atoms with Gasteiger partial charge in [0.15, 0.2) is 11.2 Å². The number of fused-ring (bicyclic) bond motifs is 3. The molecule has 9 nitrogen and oxygen atoms in total. The van der Waals surface area contributed by atoms with Crippen molar-refractivity contribution >= 4 is 22.5 Å². The smallest absolute Gasteiger partial charge is 0.277 e. The van der Waals surface area contributed by atoms with E-state index in [-0.39, 0.29) is 22.8 Å². The van der Waals surface area contributed by atoms with Gasteiger partial charge in [-0.25, -0.2) is 8.91 Å². The van der Waals surface area contributed by atoms with E-state index in [4.69, 9.17) is 0 Å². The fourth-order valence-electron chi connectivity index (χ4n) is 3.54. The molecule has 144 valence electrons. The number of nitrogens with one attached hydrogen (secondary N) is 2. The van der Waals surface area contributed by atoms with E-state index in [2.05, 4.69) is 25.7 Å². The lowest BCUT2D eigenvalue weighted by atomic mass is 10.1. The summed E-state index contributed by atoms with van der Waals surface area (Å²) in [6.07, 6.45) is 0. The lowest BCUT2D eigenvalue weighted by Crippen LogP contribution is -2.29. The molecule has 1 atom stereocenters. The van der Waals surface area contributed by atoms with Crippen LogP contribution in [0.5, 0.6) is 0 Å². The van der Waals surface area contributed by atoms with E-state index in [0.717, 1.165) is 17.0 Å². The normalized spacial score (nSPS) is 12.6. The van der Waals surface area contributed by atoms with Crippen molar-refractivity contribution in [3.63, 3.8) is 0 Å². The van der Waals surface area contributed by atoms with Crippen molar-refractivity contribution in [3.8, 4) is 0 Å². The number of aromatic amines is 1. The molecule has 0 aliphatic rings. The van der Waals surface area contributed by atoms with E-state index in [0.29, 0.717) is 5.52 Å². The predicted octanol–water partition coefficient (Wildman–Crippen LogP) is 1.55. The van der Waals surface area contributed by atoms with Gasteiger partial charge in [-0.05, 0) is 39.0 Å². The van der Waals surface area contributed by atoms with E-state index in [9.17, 15) is 14.0 Å². The first-order valence-corrected chi connectivity index (χ1v) is 8.66. The number of carbonyl (C=O) groups is 1. The zero-order valence-corrected chi connectivity index (χ0v) is 15.7. The van der Waals surface area contributed by atoms with Gasteiger partial charge in [-0.2, -0.15) is 5.10 Å². The number of nitrogens with zero attached hydrogens (tertiary/aromatic N) is 5. The summed E-state index contributed by atoms with van der Waals surface area (Å²) < 4.78 is 16.4. The van der Waals surface area contributed by atoms with Crippen molar-refractivity contribution in [1.82, 2.24) is 34.9 Å². The van der Waals surface area contributed by atoms with Gasteiger partial charge in [-0.3, -0.25) is 14.3 Å². The number of aromatic nitrogens is 6. The molecule has 0 spiro atoms. The van der Waals surface area contributed by atoms with Crippen LogP contribution in [0.4, 0.5) is 4.39 Å². The lowest BCUT2D eigenvalue weighted by molar-refractivity contribution is 0.0936. The van der Waals surface area contributed by atoms with Crippen molar-refractivity contribution in [2.24, 2.45) is 7.05 Å². The number of aryl methyl sites for hydroxylation is 2. The average Bonchev–Trinajstić information content (AvgIpc) is 3.17. The maximum atomic E-state index is 13.4. The maximum Gasteiger partial charge on any atom is 0.277 e. The molecule has 28 heavy (non-hydrogen) atoms. The topological polar surface area (TPSA) is 110 Å². The number of halogens is 1. The highest BCUT2D eigenvalue weighted by molar-refractivity contribution is 5.99. The second-order valence-electron chi connectivity index (χ2n) is 6.72. The van der Waals surface area contributed by atoms with E-state index in [1.807, 2.05) is 27.8 Å². The Kier molecular flexibility index (Phi) is 3.98. The van der Waals surface area contributed by atoms with Crippen LogP contribution in [-0.4, -0.2) is 35.5 Å². The van der Waals surface area contributed by atoms with E-state index in [1.54, 1.807) is 4.68 Å². The third-order valence-electron chi connectivity index (χ3n) is 4.88. The largest absolute Gasteiger partial charge is 0.344 e. The van der Waals surface area contributed by atoms with Gasteiger partial charge in [-0.1, -0.05) is 5.21 Å². The Morgan fingerprint density at radius 3 is 2.75 bits per heavy atom. The molecule has 3 aromatic heterocycles. The summed E-state index contributed by atoms with van der Waals surface area (Å²) in [7, 11) is 1.83. The molecule has 3 heterocycles. The Hall–Kier alpha value is -3.56. The minimum atomic E-state index is -0.574. The molecule has 4 aromatic rings. The Bertz CT molecular complexity index is 1300. The molecule has 4 rings (SSSR count). The fraction of sp³-hybridized carbons (Fsp3) is 0.278. The number of hydrogen-bond donors (Lipinski definition) is 2. The summed E-state index contributed by atoms with van der Waals surface area (Å²) in [5, 5.41) is 15.0. The summed E-state index contributed by atoms with van der Waals surface area (Å²) in [5.74, 6) is -1.02. The Morgan fingerprint density at radius 1 is 1.32 bits per heavy atom. The second-order valence-corrected chi connectivity index (χ2v) is 6.72. The standard InChI is InChI=1S/C18H18FN7O2/c1-8(14-9(2)23-25(4)10(14)3)20-17(27)15-16-18(28)21-12-7-11(19)5-6-13(12)26(16)24-22-15/h5-8H,1-4H3,(H,20,27)(H,21,28). The zero-order chi connectivity index (χ0) is 20.2. The highest BCUT2D eigenvalue weighted by atomic mass is 19.1. The predicted molar refractivity (Wildman–Crippen MR) is 99.6 cm³/mol. The van der Waals surface area contributed by atoms with Gasteiger partial charge in [-0.15, -0.1) is 5.10 Å². The number of H-pyrrole nitrogens is 1. The number of hydrogen-bond acceptors (Lipinski definition) is 5. The van der Waals surface area contributed by atoms with Crippen molar-refractivity contribution in [2.45, 2.75) is 26.8 Å². The van der Waals surface area contributed by atoms with Crippen LogP contribution in [0, 0.1) is 19.7 Å². The van der Waals surface area contributed by atoms with Gasteiger partial charge in [0.1, 0.15) is 5.82 Å². The second kappa shape index (κ2) is 6.25. The van der Waals surface area contributed by atoms with Crippen LogP contribution in [0.15, 0.2) is 23.0 Å². The molecule has 1 aromatic carbocycles. The molecule has 1 unspecified atom stereocenters. The van der Waals surface area contributed by atoms with Crippen molar-refractivity contribution in [2.75, 3.05) is 0 Å². The Morgan fingerprint density at radius 2 is 2.07 bits per heavy atom. The monoisotopic (exact) mass is 383 g/mol. The SMILES string of the molecule is Cc1nn(C)c(C)c1C(C)NC(=O)c1nnn2c1c(=O)[nH]c1cc(F)ccc12. The molecule has 0 fully saturated rings. The number of rotatable bonds is 3. The van der Waals surface area contributed by atoms with Crippen molar-refractivity contribution in [3.05, 3.63) is 57.0 Å². The highest BCUT2D eigenvalue weighted by Crippen LogP contribution is 2.21. The van der Waals surface area contributed by atoms with Gasteiger partial charge in [0, 0.05) is 18.3 Å². The Labute approximate surface area is 158 Å². The van der Waals surface area contributed by atoms with E-state index in [1.165, 1.54) is 22.7 Å². The molecular weight excluding hydrogens is 365 g/mol. The van der Waals surface area contributed by atoms with Gasteiger partial charge >= 0.3 is 0 Å². The summed E-state index contributed by atoms with van der Waals surface area (Å²) >= 11 is 0. The molecule has 0 saturated heterocycles. The quantitative estimate of drug-likeness (QED) is 0.558. The highest BCUT2D eigenvalue weighted by Gasteiger charge is 2.24. The first-order chi connectivity index (χ1) is 13.3. The molecule has 2 N–H and O–H groups in total. The molecule has 0 radical (unpaired) electrons. The van der Waals surface area contributed by atoms with Crippen molar-refractivity contribution < 1.29 is 9.18 Å². The molecule has 0 aliphatic heterocycles. The summed E-state index contributed by atoms with van der Waals surface area (Å²) in [4.78, 5) is 27.9. The Balaban J connectivity index is 1.76. The lowest BCUT2D eigenvalue weighted by Gasteiger charge is -2.14. The minimum Gasteiger partial charge on any atom is -0.344 e. The molecule has 0 aliphatic carbocycles. The van der Waals surface area contributed by atoms with Crippen LogP contribution in [0.2, 0.25) is 0 Å². The van der Waals surface area contributed by atoms with Gasteiger partial charge < -0.3 is 10.3 Å². The number of benzene rings is 1. The maximum absolute atomic E-state index is 13.4. The summed E-state index contributed by atoms with van der Waals surface area (Å²) in [6.45, 7) is 5.62. The van der Waals surface area contributed by atoms with Gasteiger partial charge in [0.05, 0.1) is 22.8 Å². The van der Waals surface area contributed by atoms with Crippen molar-refractivity contribution in [1.29, 1.82) is 0 Å². The average molecular weight is 383 g/mol. The van der Waals surface area contributed by atoms with Gasteiger partial charge in [0.25, 0.3) is 11.5 Å². The number of carbonyl (C=O) groups excluding carboxylic acids is 1. The zero-order valence-electron chi connectivity index (χ0n) is 15.7. The number of amides is 1. The minimum absolute atomic E-state index is 0.00318. The van der Waals surface area contributed by atoms with Crippen LogP contribution >= 0.6 is 0 Å². The first-order valence-electron chi connectivity index (χ1n) is 8.66.